The van der Waals surface area contributed by atoms with Gasteiger partial charge in [-0.25, -0.2) is 0 Å². The summed E-state index contributed by atoms with van der Waals surface area (Å²) in [6.07, 6.45) is 2.63. The molecule has 0 saturated heterocycles. The van der Waals surface area contributed by atoms with Crippen molar-refractivity contribution in [1.29, 1.82) is 0 Å². The van der Waals surface area contributed by atoms with E-state index in [0.29, 0.717) is 17.1 Å². The highest BCUT2D eigenvalue weighted by Crippen LogP contribution is 2.31. The molecule has 0 spiro atoms. The monoisotopic (exact) mass is 341 g/mol. The molecule has 0 bridgehead atoms. The normalized spacial score (nSPS) is 11.7. The first-order chi connectivity index (χ1) is 12.1. The van der Waals surface area contributed by atoms with Gasteiger partial charge in [-0.15, -0.1) is 0 Å². The van der Waals surface area contributed by atoms with Crippen LogP contribution in [0.15, 0.2) is 42.5 Å². The molecule has 2 aromatic rings. The summed E-state index contributed by atoms with van der Waals surface area (Å²) < 4.78 is 10.7. The van der Waals surface area contributed by atoms with Gasteiger partial charge in [0.25, 0.3) is 5.91 Å². The molecule has 2 rings (SSSR count). The van der Waals surface area contributed by atoms with E-state index in [0.717, 1.165) is 30.4 Å². The van der Waals surface area contributed by atoms with Crippen LogP contribution in [0.5, 0.6) is 11.5 Å². The number of carbonyl (C=O) groups excluding carboxylic acids is 1. The number of aryl methyl sites for hydroxylation is 1. The van der Waals surface area contributed by atoms with Crippen LogP contribution in [0, 0.1) is 0 Å². The van der Waals surface area contributed by atoms with Gasteiger partial charge in [0.15, 0.2) is 11.5 Å². The first-order valence-electron chi connectivity index (χ1n) is 8.75. The van der Waals surface area contributed by atoms with E-state index in [1.165, 1.54) is 0 Å². The van der Waals surface area contributed by atoms with Crippen LogP contribution >= 0.6 is 0 Å². The second kappa shape index (κ2) is 9.11. The number of hydrogen-bond donors (Lipinski definition) is 1. The van der Waals surface area contributed by atoms with Crippen molar-refractivity contribution in [2.75, 3.05) is 14.2 Å². The van der Waals surface area contributed by atoms with Gasteiger partial charge in [0.05, 0.1) is 20.3 Å². The third-order valence-electron chi connectivity index (χ3n) is 4.32. The average molecular weight is 341 g/mol. The fraction of sp³-hybridized carbons (Fsp3) is 0.381. The average Bonchev–Trinajstić information content (AvgIpc) is 2.67. The highest BCUT2D eigenvalue weighted by atomic mass is 16.5. The number of hydrogen-bond acceptors (Lipinski definition) is 3. The molecule has 0 aliphatic rings. The molecule has 2 aromatic carbocycles. The molecule has 0 aliphatic heterocycles. The summed E-state index contributed by atoms with van der Waals surface area (Å²) in [6, 6.07) is 13.7. The minimum atomic E-state index is -0.0832. The van der Waals surface area contributed by atoms with Crippen molar-refractivity contribution >= 4 is 5.91 Å². The Balaban J connectivity index is 2.32. The maximum Gasteiger partial charge on any atom is 0.252 e. The van der Waals surface area contributed by atoms with Gasteiger partial charge >= 0.3 is 0 Å². The number of ether oxygens (including phenoxy) is 2. The van der Waals surface area contributed by atoms with Crippen LogP contribution < -0.4 is 14.8 Å². The standard InChI is InChI=1S/C21H27NO3/c1-5-10-18(16-11-8-7-9-12-16)22-21(23)17-14-20(25-4)19(24-3)13-15(17)6-2/h7-9,11-14,18H,5-6,10H2,1-4H3,(H,22,23). The minimum Gasteiger partial charge on any atom is -0.493 e. The Hall–Kier alpha value is -2.49. The van der Waals surface area contributed by atoms with Gasteiger partial charge in [-0.05, 0) is 36.1 Å². The Bertz CT molecular complexity index is 698. The Morgan fingerprint density at radius 3 is 2.24 bits per heavy atom. The van der Waals surface area contributed by atoms with E-state index in [9.17, 15) is 4.79 Å². The Kier molecular flexibility index (Phi) is 6.87. The first-order valence-corrected chi connectivity index (χ1v) is 8.75. The number of rotatable bonds is 8. The number of benzene rings is 2. The number of carbonyl (C=O) groups is 1. The van der Waals surface area contributed by atoms with E-state index >= 15 is 0 Å². The Labute approximate surface area is 150 Å². The van der Waals surface area contributed by atoms with Gasteiger partial charge < -0.3 is 14.8 Å². The summed E-state index contributed by atoms with van der Waals surface area (Å²) in [5.41, 5.74) is 2.70. The molecule has 1 amide bonds. The zero-order valence-corrected chi connectivity index (χ0v) is 15.5. The van der Waals surface area contributed by atoms with Crippen LogP contribution in [0.4, 0.5) is 0 Å². The lowest BCUT2D eigenvalue weighted by molar-refractivity contribution is 0.0933. The molecule has 25 heavy (non-hydrogen) atoms. The Morgan fingerprint density at radius 2 is 1.68 bits per heavy atom. The molecule has 0 heterocycles. The smallest absolute Gasteiger partial charge is 0.252 e. The molecule has 1 atom stereocenters. The fourth-order valence-corrected chi connectivity index (χ4v) is 2.96. The summed E-state index contributed by atoms with van der Waals surface area (Å²) in [5, 5.41) is 3.18. The van der Waals surface area contributed by atoms with Gasteiger partial charge in [0.2, 0.25) is 0 Å². The minimum absolute atomic E-state index is 0.00324. The summed E-state index contributed by atoms with van der Waals surface area (Å²) in [7, 11) is 3.18. The molecule has 0 saturated carbocycles. The van der Waals surface area contributed by atoms with Crippen molar-refractivity contribution < 1.29 is 14.3 Å². The lowest BCUT2D eigenvalue weighted by atomic mass is 9.99. The van der Waals surface area contributed by atoms with Gasteiger partial charge in [-0.2, -0.15) is 0 Å². The van der Waals surface area contributed by atoms with Crippen LogP contribution in [0.1, 0.15) is 54.2 Å². The van der Waals surface area contributed by atoms with Crippen molar-refractivity contribution in [2.24, 2.45) is 0 Å². The van der Waals surface area contributed by atoms with Crippen LogP contribution in [-0.4, -0.2) is 20.1 Å². The molecule has 0 aromatic heterocycles. The van der Waals surface area contributed by atoms with E-state index < -0.39 is 0 Å². The third kappa shape index (κ3) is 4.53. The Morgan fingerprint density at radius 1 is 1.04 bits per heavy atom. The first kappa shape index (κ1) is 18.8. The third-order valence-corrected chi connectivity index (χ3v) is 4.32. The molecule has 1 N–H and O–H groups in total. The van der Waals surface area contributed by atoms with E-state index in [1.54, 1.807) is 20.3 Å². The lowest BCUT2D eigenvalue weighted by Gasteiger charge is -2.20. The lowest BCUT2D eigenvalue weighted by Crippen LogP contribution is -2.29. The van der Waals surface area contributed by atoms with E-state index in [1.807, 2.05) is 31.2 Å². The SMILES string of the molecule is CCCC(NC(=O)c1cc(OC)c(OC)cc1CC)c1ccccc1. The molecule has 4 heteroatoms. The van der Waals surface area contributed by atoms with Crippen molar-refractivity contribution in [2.45, 2.75) is 39.2 Å². The summed E-state index contributed by atoms with van der Waals surface area (Å²) in [4.78, 5) is 12.9. The van der Waals surface area contributed by atoms with Crippen LogP contribution in [0.3, 0.4) is 0 Å². The van der Waals surface area contributed by atoms with Crippen molar-refractivity contribution in [3.8, 4) is 11.5 Å². The summed E-state index contributed by atoms with van der Waals surface area (Å²) in [6.45, 7) is 4.15. The van der Waals surface area contributed by atoms with Gasteiger partial charge in [-0.3, -0.25) is 4.79 Å². The zero-order chi connectivity index (χ0) is 18.2. The van der Waals surface area contributed by atoms with Gasteiger partial charge in [-0.1, -0.05) is 50.6 Å². The van der Waals surface area contributed by atoms with E-state index in [4.69, 9.17) is 9.47 Å². The molecular formula is C21H27NO3. The fourth-order valence-electron chi connectivity index (χ4n) is 2.96. The van der Waals surface area contributed by atoms with Crippen LogP contribution in [0.25, 0.3) is 0 Å². The molecule has 0 fully saturated rings. The topological polar surface area (TPSA) is 47.6 Å². The molecule has 0 radical (unpaired) electrons. The second-order valence-electron chi connectivity index (χ2n) is 5.94. The summed E-state index contributed by atoms with van der Waals surface area (Å²) >= 11 is 0. The molecule has 1 unspecified atom stereocenters. The summed E-state index contributed by atoms with van der Waals surface area (Å²) in [5.74, 6) is 1.13. The number of methoxy groups -OCH3 is 2. The van der Waals surface area contributed by atoms with Crippen LogP contribution in [0.2, 0.25) is 0 Å². The molecular weight excluding hydrogens is 314 g/mol. The van der Waals surface area contributed by atoms with Crippen molar-refractivity contribution in [1.82, 2.24) is 5.32 Å². The van der Waals surface area contributed by atoms with E-state index in [2.05, 4.69) is 24.4 Å². The number of amides is 1. The molecule has 134 valence electrons. The predicted octanol–water partition coefficient (Wildman–Crippen LogP) is 4.54. The highest BCUT2D eigenvalue weighted by Gasteiger charge is 2.19. The van der Waals surface area contributed by atoms with Crippen molar-refractivity contribution in [3.63, 3.8) is 0 Å². The van der Waals surface area contributed by atoms with Gasteiger partial charge in [0.1, 0.15) is 0 Å². The predicted molar refractivity (Wildman–Crippen MR) is 100 cm³/mol. The van der Waals surface area contributed by atoms with Gasteiger partial charge in [0, 0.05) is 5.56 Å². The highest BCUT2D eigenvalue weighted by molar-refractivity contribution is 5.96. The maximum atomic E-state index is 12.9. The zero-order valence-electron chi connectivity index (χ0n) is 15.5. The second-order valence-corrected chi connectivity index (χ2v) is 5.94. The molecule has 4 nitrogen and oxygen atoms in total. The quantitative estimate of drug-likeness (QED) is 0.767. The molecule has 0 aliphatic carbocycles. The maximum absolute atomic E-state index is 12.9. The van der Waals surface area contributed by atoms with Crippen molar-refractivity contribution in [3.05, 3.63) is 59.2 Å². The largest absolute Gasteiger partial charge is 0.493 e. The number of nitrogens with one attached hydrogen (secondary N) is 1. The van der Waals surface area contributed by atoms with E-state index in [-0.39, 0.29) is 11.9 Å². The van der Waals surface area contributed by atoms with Crippen LogP contribution in [-0.2, 0) is 6.42 Å².